The van der Waals surface area contributed by atoms with Gasteiger partial charge in [-0.05, 0) is 12.1 Å². The number of carbonyl (C=O) groups excluding carboxylic acids is 1. The average Bonchev–Trinajstić information content (AvgIpc) is 2.34. The molecule has 1 rings (SSSR count). The minimum Gasteiger partial charge on any atom is -0.467 e. The van der Waals surface area contributed by atoms with Gasteiger partial charge in [-0.2, -0.15) is 0 Å². The number of aliphatic hydroxyl groups excluding tert-OH is 2. The van der Waals surface area contributed by atoms with E-state index in [4.69, 9.17) is 0 Å². The second-order valence-electron chi connectivity index (χ2n) is 3.64. The Morgan fingerprint density at radius 3 is 2.35 bits per heavy atom. The quantitative estimate of drug-likeness (QED) is 0.647. The van der Waals surface area contributed by atoms with E-state index in [1.165, 1.54) is 0 Å². The Bertz CT molecular complexity index is 488. The SMILES string of the molecule is COC(=O)C(O)C(O)c1ccc(OC(F)(F)F)cc1F. The number of hydrogen-bond acceptors (Lipinski definition) is 5. The first-order valence-electron chi connectivity index (χ1n) is 5.15. The summed E-state index contributed by atoms with van der Waals surface area (Å²) in [5.41, 5.74) is -0.572. The summed E-state index contributed by atoms with van der Waals surface area (Å²) in [4.78, 5) is 11.0. The predicted molar refractivity (Wildman–Crippen MR) is 56.1 cm³/mol. The lowest BCUT2D eigenvalue weighted by atomic mass is 10.0. The summed E-state index contributed by atoms with van der Waals surface area (Å²) in [6, 6.07) is 1.86. The molecule has 112 valence electrons. The minimum atomic E-state index is -4.99. The standard InChI is InChI=1S/C11H10F4O5/c1-19-10(18)9(17)8(16)6-3-2-5(4-7(6)12)20-11(13,14)15/h2-4,8-9,16-17H,1H3. The van der Waals surface area contributed by atoms with Gasteiger partial charge in [0.05, 0.1) is 7.11 Å². The van der Waals surface area contributed by atoms with E-state index in [-0.39, 0.29) is 0 Å². The molecule has 1 aromatic rings. The molecule has 0 saturated carbocycles. The number of halogens is 4. The molecule has 2 atom stereocenters. The van der Waals surface area contributed by atoms with E-state index < -0.39 is 41.7 Å². The number of carbonyl (C=O) groups is 1. The van der Waals surface area contributed by atoms with Crippen molar-refractivity contribution in [3.8, 4) is 5.75 Å². The highest BCUT2D eigenvalue weighted by atomic mass is 19.4. The van der Waals surface area contributed by atoms with Crippen LogP contribution in [-0.4, -0.2) is 35.8 Å². The van der Waals surface area contributed by atoms with Gasteiger partial charge in [0.1, 0.15) is 17.7 Å². The van der Waals surface area contributed by atoms with E-state index in [2.05, 4.69) is 9.47 Å². The Labute approximate surface area is 110 Å². The summed E-state index contributed by atoms with van der Waals surface area (Å²) in [5, 5.41) is 18.9. The Kier molecular flexibility index (Phi) is 4.90. The minimum absolute atomic E-state index is 0.371. The van der Waals surface area contributed by atoms with Gasteiger partial charge in [0, 0.05) is 11.6 Å². The van der Waals surface area contributed by atoms with Gasteiger partial charge in [-0.25, -0.2) is 9.18 Å². The van der Waals surface area contributed by atoms with Crippen molar-refractivity contribution in [2.75, 3.05) is 7.11 Å². The molecule has 0 radical (unpaired) electrons. The molecule has 0 amide bonds. The van der Waals surface area contributed by atoms with Crippen molar-refractivity contribution in [1.82, 2.24) is 0 Å². The lowest BCUT2D eigenvalue weighted by molar-refractivity contribution is -0.274. The number of ether oxygens (including phenoxy) is 2. The van der Waals surface area contributed by atoms with E-state index >= 15 is 0 Å². The summed E-state index contributed by atoms with van der Waals surface area (Å²) in [7, 11) is 0.939. The normalized spacial score (nSPS) is 14.6. The maximum absolute atomic E-state index is 13.5. The third-order valence-corrected chi connectivity index (χ3v) is 2.27. The lowest BCUT2D eigenvalue weighted by Crippen LogP contribution is -2.29. The van der Waals surface area contributed by atoms with Crippen molar-refractivity contribution in [2.45, 2.75) is 18.6 Å². The molecule has 0 fully saturated rings. The van der Waals surface area contributed by atoms with Crippen LogP contribution in [0.3, 0.4) is 0 Å². The molecule has 0 saturated heterocycles. The molecule has 9 heteroatoms. The molecule has 2 N–H and O–H groups in total. The van der Waals surface area contributed by atoms with Crippen molar-refractivity contribution >= 4 is 5.97 Å². The van der Waals surface area contributed by atoms with E-state index in [1.807, 2.05) is 0 Å². The monoisotopic (exact) mass is 298 g/mol. The molecule has 1 aromatic carbocycles. The van der Waals surface area contributed by atoms with E-state index in [0.29, 0.717) is 6.07 Å². The summed E-state index contributed by atoms with van der Waals surface area (Å²) in [6.45, 7) is 0. The fourth-order valence-electron chi connectivity index (χ4n) is 1.36. The molecule has 2 unspecified atom stereocenters. The highest BCUT2D eigenvalue weighted by Crippen LogP contribution is 2.28. The molecule has 0 aliphatic rings. The summed E-state index contributed by atoms with van der Waals surface area (Å²) in [6.07, 6.45) is -9.04. The summed E-state index contributed by atoms with van der Waals surface area (Å²) in [5.74, 6) is -3.33. The van der Waals surface area contributed by atoms with Crippen molar-refractivity contribution in [2.24, 2.45) is 0 Å². The zero-order valence-electron chi connectivity index (χ0n) is 10.0. The first-order chi connectivity index (χ1) is 9.15. The second kappa shape index (κ2) is 6.06. The van der Waals surface area contributed by atoms with Gasteiger partial charge in [0.2, 0.25) is 0 Å². The Hall–Kier alpha value is -1.87. The van der Waals surface area contributed by atoms with Gasteiger partial charge in [-0.3, -0.25) is 0 Å². The van der Waals surface area contributed by atoms with Crippen molar-refractivity contribution in [3.63, 3.8) is 0 Å². The van der Waals surface area contributed by atoms with E-state index in [9.17, 15) is 32.6 Å². The maximum Gasteiger partial charge on any atom is 0.573 e. The smallest absolute Gasteiger partial charge is 0.467 e. The summed E-state index contributed by atoms with van der Waals surface area (Å²) >= 11 is 0. The van der Waals surface area contributed by atoms with Crippen molar-refractivity contribution in [3.05, 3.63) is 29.6 Å². The molecule has 0 bridgehead atoms. The highest BCUT2D eigenvalue weighted by Gasteiger charge is 2.32. The number of benzene rings is 1. The van der Waals surface area contributed by atoms with Crippen molar-refractivity contribution < 1.29 is 42.0 Å². The lowest BCUT2D eigenvalue weighted by Gasteiger charge is -2.17. The largest absolute Gasteiger partial charge is 0.573 e. The molecule has 0 aromatic heterocycles. The van der Waals surface area contributed by atoms with Crippen LogP contribution in [0, 0.1) is 5.82 Å². The Balaban J connectivity index is 2.95. The number of methoxy groups -OCH3 is 1. The first kappa shape index (κ1) is 16.2. The molecule has 0 spiro atoms. The molecule has 20 heavy (non-hydrogen) atoms. The van der Waals surface area contributed by atoms with E-state index in [1.54, 1.807) is 0 Å². The zero-order valence-corrected chi connectivity index (χ0v) is 10.0. The number of aliphatic hydroxyl groups is 2. The first-order valence-corrected chi connectivity index (χ1v) is 5.15. The average molecular weight is 298 g/mol. The van der Waals surface area contributed by atoms with Gasteiger partial charge in [0.15, 0.2) is 6.10 Å². The molecule has 0 aliphatic carbocycles. The highest BCUT2D eigenvalue weighted by molar-refractivity contribution is 5.75. The molecular weight excluding hydrogens is 288 g/mol. The van der Waals surface area contributed by atoms with Crippen LogP contribution in [0.15, 0.2) is 18.2 Å². The maximum atomic E-state index is 13.5. The van der Waals surface area contributed by atoms with Gasteiger partial charge >= 0.3 is 12.3 Å². The zero-order chi connectivity index (χ0) is 15.5. The van der Waals surface area contributed by atoms with Crippen LogP contribution in [-0.2, 0) is 9.53 Å². The molecule has 5 nitrogen and oxygen atoms in total. The summed E-state index contributed by atoms with van der Waals surface area (Å²) < 4.78 is 56.9. The Morgan fingerprint density at radius 2 is 1.90 bits per heavy atom. The Morgan fingerprint density at radius 1 is 1.30 bits per heavy atom. The fraction of sp³-hybridized carbons (Fsp3) is 0.364. The van der Waals surface area contributed by atoms with Gasteiger partial charge in [-0.15, -0.1) is 13.2 Å². The van der Waals surface area contributed by atoms with Crippen LogP contribution in [0.25, 0.3) is 0 Å². The third kappa shape index (κ3) is 4.07. The molecular formula is C11H10F4O5. The molecule has 0 aliphatic heterocycles. The van der Waals surface area contributed by atoms with Crippen LogP contribution < -0.4 is 4.74 Å². The topological polar surface area (TPSA) is 76.0 Å². The number of hydrogen-bond donors (Lipinski definition) is 2. The number of rotatable bonds is 4. The third-order valence-electron chi connectivity index (χ3n) is 2.27. The van der Waals surface area contributed by atoms with Crippen LogP contribution >= 0.6 is 0 Å². The second-order valence-corrected chi connectivity index (χ2v) is 3.64. The number of esters is 1. The van der Waals surface area contributed by atoms with Gasteiger partial charge in [-0.1, -0.05) is 0 Å². The van der Waals surface area contributed by atoms with Crippen LogP contribution in [0.2, 0.25) is 0 Å². The van der Waals surface area contributed by atoms with Gasteiger partial charge < -0.3 is 19.7 Å². The van der Waals surface area contributed by atoms with E-state index in [0.717, 1.165) is 19.2 Å². The fourth-order valence-corrected chi connectivity index (χ4v) is 1.36. The van der Waals surface area contributed by atoms with Crippen LogP contribution in [0.5, 0.6) is 5.75 Å². The van der Waals surface area contributed by atoms with Crippen LogP contribution in [0.1, 0.15) is 11.7 Å². The van der Waals surface area contributed by atoms with Crippen LogP contribution in [0.4, 0.5) is 17.6 Å². The number of alkyl halides is 3. The van der Waals surface area contributed by atoms with Gasteiger partial charge in [0.25, 0.3) is 0 Å². The predicted octanol–water partition coefficient (Wildman–Crippen LogP) is 1.29. The molecule has 0 heterocycles. The van der Waals surface area contributed by atoms with Crippen molar-refractivity contribution in [1.29, 1.82) is 0 Å².